The number of likely N-dealkylation sites (N-methyl/N-ethyl adjacent to an activating group) is 1. The second kappa shape index (κ2) is 6.61. The van der Waals surface area contributed by atoms with Gasteiger partial charge in [-0.3, -0.25) is 5.43 Å². The van der Waals surface area contributed by atoms with Gasteiger partial charge in [-0.25, -0.2) is 10.8 Å². The molecule has 0 aliphatic heterocycles. The standard InChI is InChI=1S/C12H22N4S/c1-9(2)14-12(15-13)16(4)10(3)8-11-6-5-7-17-11/h5-7,9-10H,8,13H2,1-4H3,(H,14,15). The minimum absolute atomic E-state index is 0.234. The third-order valence-electron chi connectivity index (χ3n) is 2.58. The molecule has 0 aliphatic rings. The molecule has 96 valence electrons. The molecule has 0 bridgehead atoms. The van der Waals surface area contributed by atoms with Crippen molar-refractivity contribution in [3.8, 4) is 0 Å². The number of nitrogens with two attached hydrogens (primary N) is 1. The lowest BCUT2D eigenvalue weighted by Gasteiger charge is -2.27. The maximum atomic E-state index is 5.51. The van der Waals surface area contributed by atoms with Crippen LogP contribution in [-0.4, -0.2) is 30.0 Å². The first-order valence-corrected chi connectivity index (χ1v) is 6.72. The van der Waals surface area contributed by atoms with Crippen LogP contribution in [0.5, 0.6) is 0 Å². The van der Waals surface area contributed by atoms with E-state index >= 15 is 0 Å². The topological polar surface area (TPSA) is 53.6 Å². The quantitative estimate of drug-likeness (QED) is 0.373. The van der Waals surface area contributed by atoms with Crippen LogP contribution in [0.3, 0.4) is 0 Å². The summed E-state index contributed by atoms with van der Waals surface area (Å²) in [6.45, 7) is 6.25. The van der Waals surface area contributed by atoms with Gasteiger partial charge in [-0.1, -0.05) is 6.07 Å². The average molecular weight is 254 g/mol. The van der Waals surface area contributed by atoms with E-state index in [9.17, 15) is 0 Å². The molecule has 0 spiro atoms. The summed E-state index contributed by atoms with van der Waals surface area (Å²) in [6, 6.07) is 4.83. The van der Waals surface area contributed by atoms with Crippen molar-refractivity contribution in [2.75, 3.05) is 7.05 Å². The largest absolute Gasteiger partial charge is 0.342 e. The Morgan fingerprint density at radius 3 is 2.71 bits per heavy atom. The minimum atomic E-state index is 0.234. The van der Waals surface area contributed by atoms with Crippen molar-refractivity contribution in [2.45, 2.75) is 39.3 Å². The Balaban J connectivity index is 2.64. The van der Waals surface area contributed by atoms with Crippen molar-refractivity contribution in [2.24, 2.45) is 10.8 Å². The zero-order chi connectivity index (χ0) is 12.8. The molecule has 0 saturated heterocycles. The lowest BCUT2D eigenvalue weighted by molar-refractivity contribution is 0.374. The molecule has 0 amide bonds. The molecule has 0 fully saturated rings. The molecular formula is C12H22N4S. The molecule has 1 heterocycles. The maximum absolute atomic E-state index is 5.51. The number of hydrogen-bond acceptors (Lipinski definition) is 3. The Kier molecular flexibility index (Phi) is 5.44. The summed E-state index contributed by atoms with van der Waals surface area (Å²) < 4.78 is 0. The van der Waals surface area contributed by atoms with Crippen LogP contribution in [0.4, 0.5) is 0 Å². The van der Waals surface area contributed by atoms with Crippen molar-refractivity contribution in [1.82, 2.24) is 10.3 Å². The number of rotatable bonds is 4. The van der Waals surface area contributed by atoms with Crippen molar-refractivity contribution >= 4 is 17.3 Å². The van der Waals surface area contributed by atoms with Crippen LogP contribution in [0.25, 0.3) is 0 Å². The van der Waals surface area contributed by atoms with E-state index in [2.05, 4.69) is 39.8 Å². The molecule has 3 N–H and O–H groups in total. The predicted octanol–water partition coefficient (Wildman–Crippen LogP) is 1.84. The van der Waals surface area contributed by atoms with Gasteiger partial charge in [0, 0.05) is 30.4 Å². The monoisotopic (exact) mass is 254 g/mol. The first kappa shape index (κ1) is 14.0. The maximum Gasteiger partial charge on any atom is 0.208 e. The van der Waals surface area contributed by atoms with Gasteiger partial charge in [0.2, 0.25) is 5.96 Å². The zero-order valence-corrected chi connectivity index (χ0v) is 11.8. The van der Waals surface area contributed by atoms with E-state index in [0.29, 0.717) is 6.04 Å². The highest BCUT2D eigenvalue weighted by Gasteiger charge is 2.14. The fourth-order valence-electron chi connectivity index (χ4n) is 1.54. The Bertz CT molecular complexity index is 345. The first-order valence-electron chi connectivity index (χ1n) is 5.84. The van der Waals surface area contributed by atoms with E-state index in [0.717, 1.165) is 12.4 Å². The highest BCUT2D eigenvalue weighted by atomic mass is 32.1. The highest BCUT2D eigenvalue weighted by Crippen LogP contribution is 2.13. The molecule has 0 radical (unpaired) electrons. The number of aliphatic imine (C=N–C) groups is 1. The van der Waals surface area contributed by atoms with Crippen molar-refractivity contribution in [3.63, 3.8) is 0 Å². The fourth-order valence-corrected chi connectivity index (χ4v) is 2.37. The summed E-state index contributed by atoms with van der Waals surface area (Å²) in [4.78, 5) is 7.92. The summed E-state index contributed by atoms with van der Waals surface area (Å²) in [7, 11) is 2.01. The Morgan fingerprint density at radius 1 is 1.53 bits per heavy atom. The third kappa shape index (κ3) is 4.36. The molecule has 1 unspecified atom stereocenters. The summed E-state index contributed by atoms with van der Waals surface area (Å²) >= 11 is 1.78. The number of hydrogen-bond donors (Lipinski definition) is 2. The molecule has 0 aromatic carbocycles. The van der Waals surface area contributed by atoms with Gasteiger partial charge in [0.15, 0.2) is 0 Å². The summed E-state index contributed by atoms with van der Waals surface area (Å²) in [5.41, 5.74) is 2.67. The molecule has 4 nitrogen and oxygen atoms in total. The first-order chi connectivity index (χ1) is 8.04. The smallest absolute Gasteiger partial charge is 0.208 e. The molecule has 1 rings (SSSR count). The SMILES string of the molecule is CC(C)N=C(NN)N(C)C(C)Cc1cccs1. The number of nitrogens with zero attached hydrogens (tertiary/aromatic N) is 2. The van der Waals surface area contributed by atoms with Gasteiger partial charge in [0.1, 0.15) is 0 Å². The van der Waals surface area contributed by atoms with Crippen molar-refractivity contribution in [3.05, 3.63) is 22.4 Å². The molecule has 5 heteroatoms. The van der Waals surface area contributed by atoms with Gasteiger partial charge in [-0.15, -0.1) is 11.3 Å². The molecular weight excluding hydrogens is 232 g/mol. The van der Waals surface area contributed by atoms with Gasteiger partial charge in [-0.2, -0.15) is 0 Å². The van der Waals surface area contributed by atoms with E-state index in [4.69, 9.17) is 5.84 Å². The minimum Gasteiger partial charge on any atom is -0.342 e. The normalized spacial score (nSPS) is 13.9. The third-order valence-corrected chi connectivity index (χ3v) is 3.48. The zero-order valence-electron chi connectivity index (χ0n) is 11.0. The van der Waals surface area contributed by atoms with Gasteiger partial charge >= 0.3 is 0 Å². The summed E-state index contributed by atoms with van der Waals surface area (Å²) in [5.74, 6) is 6.25. The van der Waals surface area contributed by atoms with E-state index < -0.39 is 0 Å². The predicted molar refractivity (Wildman–Crippen MR) is 75.1 cm³/mol. The molecule has 1 aromatic heterocycles. The van der Waals surface area contributed by atoms with E-state index in [1.807, 2.05) is 20.9 Å². The molecule has 0 aliphatic carbocycles. The second-order valence-corrected chi connectivity index (χ2v) is 5.47. The Labute approximate surface area is 108 Å². The molecule has 0 saturated carbocycles. The van der Waals surface area contributed by atoms with Gasteiger partial charge in [0.05, 0.1) is 0 Å². The van der Waals surface area contributed by atoms with Crippen LogP contribution >= 0.6 is 11.3 Å². The second-order valence-electron chi connectivity index (χ2n) is 4.43. The lowest BCUT2D eigenvalue weighted by Crippen LogP contribution is -2.47. The fraction of sp³-hybridized carbons (Fsp3) is 0.583. The van der Waals surface area contributed by atoms with Crippen molar-refractivity contribution in [1.29, 1.82) is 0 Å². The van der Waals surface area contributed by atoms with Crippen LogP contribution in [0.1, 0.15) is 25.6 Å². The molecule has 1 aromatic rings. The van der Waals surface area contributed by atoms with Crippen LogP contribution in [0.15, 0.2) is 22.5 Å². The highest BCUT2D eigenvalue weighted by molar-refractivity contribution is 7.09. The van der Waals surface area contributed by atoms with Gasteiger partial charge in [-0.05, 0) is 32.2 Å². The molecule has 17 heavy (non-hydrogen) atoms. The van der Waals surface area contributed by atoms with Gasteiger partial charge < -0.3 is 4.90 Å². The molecule has 1 atom stereocenters. The number of nitrogens with one attached hydrogen (secondary N) is 1. The van der Waals surface area contributed by atoms with Crippen LogP contribution in [0.2, 0.25) is 0 Å². The van der Waals surface area contributed by atoms with Crippen LogP contribution < -0.4 is 11.3 Å². The number of guanidine groups is 1. The van der Waals surface area contributed by atoms with Gasteiger partial charge in [0.25, 0.3) is 0 Å². The van der Waals surface area contributed by atoms with Crippen molar-refractivity contribution < 1.29 is 0 Å². The van der Waals surface area contributed by atoms with Crippen LogP contribution in [-0.2, 0) is 6.42 Å². The van der Waals surface area contributed by atoms with E-state index in [1.165, 1.54) is 4.88 Å². The van der Waals surface area contributed by atoms with E-state index in [1.54, 1.807) is 11.3 Å². The lowest BCUT2D eigenvalue weighted by atomic mass is 10.2. The average Bonchev–Trinajstić information content (AvgIpc) is 2.77. The number of thiophene rings is 1. The summed E-state index contributed by atoms with van der Waals surface area (Å²) in [5, 5.41) is 2.10. The number of hydrazine groups is 1. The Hall–Kier alpha value is -1.07. The summed E-state index contributed by atoms with van der Waals surface area (Å²) in [6.07, 6.45) is 1.01. The Morgan fingerprint density at radius 2 is 2.24 bits per heavy atom. The van der Waals surface area contributed by atoms with E-state index in [-0.39, 0.29) is 6.04 Å². The van der Waals surface area contributed by atoms with Crippen LogP contribution in [0, 0.1) is 0 Å².